The molecule has 0 amide bonds. The minimum Gasteiger partial charge on any atom is -0.748 e. The smallest absolute Gasteiger partial charge is 0.213 e. The number of nitrogens with zero attached hydrogens (tertiary/aromatic N) is 2. The number of benzene rings is 2. The van der Waals surface area contributed by atoms with Crippen molar-refractivity contribution in [3.8, 4) is 11.5 Å². The number of aryl methyl sites for hydroxylation is 1. The van der Waals surface area contributed by atoms with Crippen LogP contribution in [0.25, 0.3) is 17.0 Å². The van der Waals surface area contributed by atoms with E-state index in [1.807, 2.05) is 30.3 Å². The van der Waals surface area contributed by atoms with Crippen molar-refractivity contribution < 1.29 is 27.0 Å². The third-order valence-electron chi connectivity index (χ3n) is 5.57. The van der Waals surface area contributed by atoms with Gasteiger partial charge in [-0.3, -0.25) is 0 Å². The molecular formula is C24H26N2O5S2. The van der Waals surface area contributed by atoms with Gasteiger partial charge >= 0.3 is 0 Å². The van der Waals surface area contributed by atoms with Crippen molar-refractivity contribution in [2.75, 3.05) is 31.4 Å². The molecule has 0 atom stereocenters. The van der Waals surface area contributed by atoms with Crippen molar-refractivity contribution in [2.45, 2.75) is 24.8 Å². The van der Waals surface area contributed by atoms with Gasteiger partial charge in [0, 0.05) is 41.5 Å². The lowest BCUT2D eigenvalue weighted by molar-refractivity contribution is -0.669. The van der Waals surface area contributed by atoms with Crippen LogP contribution >= 0.6 is 11.8 Å². The monoisotopic (exact) mass is 486 g/mol. The Hall–Kier alpha value is -2.75. The molecule has 3 aromatic rings. The molecule has 4 rings (SSSR count). The molecule has 1 aliphatic heterocycles. The van der Waals surface area contributed by atoms with E-state index in [-0.39, 0.29) is 6.42 Å². The molecule has 7 nitrogen and oxygen atoms in total. The number of rotatable bonds is 8. The second-order valence-electron chi connectivity index (χ2n) is 7.61. The molecule has 0 unspecified atom stereocenters. The molecule has 2 aromatic carbocycles. The fraction of sp³-hybridized carbons (Fsp3) is 0.292. The van der Waals surface area contributed by atoms with Gasteiger partial charge in [0.1, 0.15) is 18.0 Å². The first-order chi connectivity index (χ1) is 15.8. The Balaban J connectivity index is 1.75. The summed E-state index contributed by atoms with van der Waals surface area (Å²) in [6.45, 7) is 3.30. The quantitative estimate of drug-likeness (QED) is 0.351. The Labute approximate surface area is 198 Å². The van der Waals surface area contributed by atoms with E-state index in [0.29, 0.717) is 6.54 Å². The van der Waals surface area contributed by atoms with Crippen LogP contribution in [0, 0.1) is 0 Å². The van der Waals surface area contributed by atoms with Gasteiger partial charge in [0.25, 0.3) is 0 Å². The van der Waals surface area contributed by atoms with Crippen LogP contribution in [-0.2, 0) is 16.7 Å². The first kappa shape index (κ1) is 23.4. The van der Waals surface area contributed by atoms with Gasteiger partial charge in [-0.1, -0.05) is 11.8 Å². The van der Waals surface area contributed by atoms with Crippen LogP contribution < -0.4 is 18.9 Å². The molecule has 9 heteroatoms. The zero-order valence-electron chi connectivity index (χ0n) is 18.8. The molecule has 1 aromatic heterocycles. The number of aromatic nitrogens is 1. The van der Waals surface area contributed by atoms with Crippen molar-refractivity contribution in [3.63, 3.8) is 0 Å². The third kappa shape index (κ3) is 5.10. The van der Waals surface area contributed by atoms with Gasteiger partial charge in [0.05, 0.1) is 40.4 Å². The second-order valence-corrected chi connectivity index (χ2v) is 10.2. The number of anilines is 1. The van der Waals surface area contributed by atoms with Gasteiger partial charge in [0.2, 0.25) is 11.2 Å². The SMILES string of the molecule is CC[n+]1c(/C=C2\Sc3ccc(OC)cc3N2CCCS(=O)(=O)[O-])ccc2cc(OC)ccc21. The maximum absolute atomic E-state index is 11.2. The van der Waals surface area contributed by atoms with E-state index in [1.165, 1.54) is 0 Å². The van der Waals surface area contributed by atoms with Gasteiger partial charge in [0.15, 0.2) is 0 Å². The molecule has 1 aliphatic rings. The van der Waals surface area contributed by atoms with Crippen LogP contribution in [0.2, 0.25) is 0 Å². The Morgan fingerprint density at radius 3 is 2.48 bits per heavy atom. The van der Waals surface area contributed by atoms with Crippen molar-refractivity contribution in [3.05, 3.63) is 59.3 Å². The van der Waals surface area contributed by atoms with Gasteiger partial charge in [-0.2, -0.15) is 4.57 Å². The fourth-order valence-corrected chi connectivity index (χ4v) is 5.59. The summed E-state index contributed by atoms with van der Waals surface area (Å²) in [6, 6.07) is 16.0. The van der Waals surface area contributed by atoms with Crippen LogP contribution in [0.3, 0.4) is 0 Å². The van der Waals surface area contributed by atoms with E-state index in [9.17, 15) is 13.0 Å². The lowest BCUT2D eigenvalue weighted by Gasteiger charge is -2.21. The average molecular weight is 487 g/mol. The molecule has 33 heavy (non-hydrogen) atoms. The number of hydrogen-bond donors (Lipinski definition) is 0. The molecule has 0 fully saturated rings. The molecule has 0 saturated heterocycles. The number of pyridine rings is 1. The molecule has 0 aliphatic carbocycles. The average Bonchev–Trinajstić information content (AvgIpc) is 3.13. The summed E-state index contributed by atoms with van der Waals surface area (Å²) in [5, 5.41) is 2.06. The lowest BCUT2D eigenvalue weighted by Crippen LogP contribution is -2.37. The zero-order chi connectivity index (χ0) is 23.6. The van der Waals surface area contributed by atoms with E-state index < -0.39 is 15.9 Å². The Bertz CT molecular complexity index is 1320. The Morgan fingerprint density at radius 2 is 1.79 bits per heavy atom. The van der Waals surface area contributed by atoms with Crippen LogP contribution in [0.5, 0.6) is 11.5 Å². The highest BCUT2D eigenvalue weighted by Crippen LogP contribution is 2.48. The Morgan fingerprint density at radius 1 is 1.06 bits per heavy atom. The number of thioether (sulfide) groups is 1. The van der Waals surface area contributed by atoms with E-state index in [4.69, 9.17) is 9.47 Å². The molecule has 0 bridgehead atoms. The second kappa shape index (κ2) is 9.62. The summed E-state index contributed by atoms with van der Waals surface area (Å²) in [7, 11) is -0.994. The highest BCUT2D eigenvalue weighted by atomic mass is 32.2. The molecular weight excluding hydrogens is 460 g/mol. The van der Waals surface area contributed by atoms with Gasteiger partial charge in [-0.15, -0.1) is 0 Å². The number of ether oxygens (including phenoxy) is 2. The molecule has 2 heterocycles. The van der Waals surface area contributed by atoms with E-state index in [1.54, 1.807) is 26.0 Å². The van der Waals surface area contributed by atoms with Gasteiger partial charge < -0.3 is 18.9 Å². The van der Waals surface area contributed by atoms with Crippen molar-refractivity contribution in [1.82, 2.24) is 0 Å². The van der Waals surface area contributed by atoms with Crippen LogP contribution in [-0.4, -0.2) is 39.5 Å². The highest BCUT2D eigenvalue weighted by molar-refractivity contribution is 8.03. The zero-order valence-corrected chi connectivity index (χ0v) is 20.4. The number of fused-ring (bicyclic) bond motifs is 2. The highest BCUT2D eigenvalue weighted by Gasteiger charge is 2.27. The Kier molecular flexibility index (Phi) is 6.83. The normalized spacial score (nSPS) is 14.7. The number of methoxy groups -OCH3 is 2. The minimum absolute atomic E-state index is 0.242. The van der Waals surface area contributed by atoms with Crippen LogP contribution in [0.4, 0.5) is 5.69 Å². The summed E-state index contributed by atoms with van der Waals surface area (Å²) < 4.78 is 46.4. The maximum Gasteiger partial charge on any atom is 0.213 e. The third-order valence-corrected chi connectivity index (χ3v) is 7.47. The molecule has 174 valence electrons. The molecule has 0 N–H and O–H groups in total. The number of hydrogen-bond acceptors (Lipinski definition) is 7. The summed E-state index contributed by atoms with van der Waals surface area (Å²) in [6.07, 6.45) is 2.35. The fourth-order valence-electron chi connectivity index (χ4n) is 3.99. The summed E-state index contributed by atoms with van der Waals surface area (Å²) in [5.41, 5.74) is 3.07. The van der Waals surface area contributed by atoms with E-state index in [0.717, 1.165) is 50.3 Å². The largest absolute Gasteiger partial charge is 0.748 e. The molecule has 0 radical (unpaired) electrons. The first-order valence-corrected chi connectivity index (χ1v) is 13.0. The summed E-state index contributed by atoms with van der Waals surface area (Å²) in [4.78, 5) is 3.12. The van der Waals surface area contributed by atoms with Crippen molar-refractivity contribution >= 4 is 44.5 Å². The van der Waals surface area contributed by atoms with Crippen molar-refractivity contribution in [1.29, 1.82) is 0 Å². The predicted molar refractivity (Wildman–Crippen MR) is 130 cm³/mol. The lowest BCUT2D eigenvalue weighted by atomic mass is 10.1. The van der Waals surface area contributed by atoms with Gasteiger partial charge in [-0.25, -0.2) is 8.42 Å². The van der Waals surface area contributed by atoms with Crippen LogP contribution in [0.1, 0.15) is 19.0 Å². The van der Waals surface area contributed by atoms with Gasteiger partial charge in [-0.05, 0) is 43.7 Å². The topological polar surface area (TPSA) is 82.8 Å². The van der Waals surface area contributed by atoms with E-state index in [2.05, 4.69) is 40.7 Å². The predicted octanol–water partition coefficient (Wildman–Crippen LogP) is 4.01. The maximum atomic E-state index is 11.2. The first-order valence-electron chi connectivity index (χ1n) is 10.6. The standard InChI is InChI=1S/C24H26N2O5S2/c1-4-25-18(7-6-17-14-19(30-2)8-10-21(17)25)15-24-26(12-5-13-33(27,28)29)22-16-20(31-3)9-11-23(22)32-24/h6-11,14-16H,4-5,12-13H2,1-3H3. The summed E-state index contributed by atoms with van der Waals surface area (Å²) in [5.74, 6) is 1.14. The van der Waals surface area contributed by atoms with E-state index >= 15 is 0 Å². The van der Waals surface area contributed by atoms with Crippen LogP contribution in [0.15, 0.2) is 58.5 Å². The summed E-state index contributed by atoms with van der Waals surface area (Å²) >= 11 is 1.62. The molecule has 0 spiro atoms. The van der Waals surface area contributed by atoms with Crippen molar-refractivity contribution in [2.24, 2.45) is 0 Å². The minimum atomic E-state index is -4.27. The molecule has 0 saturated carbocycles.